The van der Waals surface area contributed by atoms with Gasteiger partial charge in [0.15, 0.2) is 0 Å². The molecule has 0 aliphatic rings. The summed E-state index contributed by atoms with van der Waals surface area (Å²) in [6, 6.07) is 0.399. The summed E-state index contributed by atoms with van der Waals surface area (Å²) in [5, 5.41) is 3.30. The second-order valence-electron chi connectivity index (χ2n) is 4.64. The van der Waals surface area contributed by atoms with Crippen molar-refractivity contribution in [2.24, 2.45) is 0 Å². The monoisotopic (exact) mass is 240 g/mol. The summed E-state index contributed by atoms with van der Waals surface area (Å²) < 4.78 is 7.21. The molecule has 1 atom stereocenters. The van der Waals surface area contributed by atoms with Crippen LogP contribution in [0, 0.1) is 6.92 Å². The van der Waals surface area contributed by atoms with Crippen LogP contribution in [0.5, 0.6) is 0 Å². The maximum absolute atomic E-state index is 5.03. The summed E-state index contributed by atoms with van der Waals surface area (Å²) in [5.41, 5.74) is 1.04. The fourth-order valence-corrected chi connectivity index (χ4v) is 1.86. The van der Waals surface area contributed by atoms with Gasteiger partial charge in [0.2, 0.25) is 5.95 Å². The zero-order chi connectivity index (χ0) is 12.8. The van der Waals surface area contributed by atoms with Crippen molar-refractivity contribution >= 4 is 5.95 Å². The van der Waals surface area contributed by atoms with Crippen molar-refractivity contribution in [3.63, 3.8) is 0 Å². The van der Waals surface area contributed by atoms with Gasteiger partial charge in [0.1, 0.15) is 0 Å². The van der Waals surface area contributed by atoms with Crippen molar-refractivity contribution in [1.29, 1.82) is 0 Å². The van der Waals surface area contributed by atoms with Crippen LogP contribution in [0.15, 0.2) is 6.20 Å². The molecule has 0 bridgehead atoms. The Kier molecular flexibility index (Phi) is 5.44. The van der Waals surface area contributed by atoms with Crippen LogP contribution in [0.25, 0.3) is 0 Å². The van der Waals surface area contributed by atoms with Crippen LogP contribution in [0.4, 0.5) is 5.95 Å². The van der Waals surface area contributed by atoms with E-state index in [0.29, 0.717) is 12.6 Å². The van der Waals surface area contributed by atoms with Gasteiger partial charge in [0.25, 0.3) is 0 Å². The summed E-state index contributed by atoms with van der Waals surface area (Å²) >= 11 is 0. The molecule has 0 saturated heterocycles. The van der Waals surface area contributed by atoms with E-state index in [1.165, 1.54) is 0 Å². The SMILES string of the molecule is COCCNc1nc(C)cn1C(C)CN(C)C. The summed E-state index contributed by atoms with van der Waals surface area (Å²) in [5.74, 6) is 0.925. The Bertz CT molecular complexity index is 335. The molecule has 0 amide bonds. The molecule has 1 heterocycles. The Morgan fingerprint density at radius 2 is 2.24 bits per heavy atom. The van der Waals surface area contributed by atoms with Crippen LogP contribution in [0.3, 0.4) is 0 Å². The van der Waals surface area contributed by atoms with Gasteiger partial charge in [0.05, 0.1) is 12.3 Å². The molecule has 0 fully saturated rings. The van der Waals surface area contributed by atoms with E-state index in [1.807, 2.05) is 6.92 Å². The summed E-state index contributed by atoms with van der Waals surface area (Å²) in [6.07, 6.45) is 2.09. The van der Waals surface area contributed by atoms with Crippen LogP contribution in [0.2, 0.25) is 0 Å². The first-order valence-corrected chi connectivity index (χ1v) is 5.97. The molecule has 1 N–H and O–H groups in total. The predicted molar refractivity (Wildman–Crippen MR) is 70.6 cm³/mol. The van der Waals surface area contributed by atoms with E-state index < -0.39 is 0 Å². The van der Waals surface area contributed by atoms with E-state index in [2.05, 4.69) is 47.0 Å². The molecule has 5 nitrogen and oxygen atoms in total. The van der Waals surface area contributed by atoms with Gasteiger partial charge in [-0.1, -0.05) is 0 Å². The molecular weight excluding hydrogens is 216 g/mol. The van der Waals surface area contributed by atoms with Crippen LogP contribution in [-0.4, -0.2) is 55.4 Å². The zero-order valence-electron chi connectivity index (χ0n) is 11.5. The molecule has 1 aromatic rings. The van der Waals surface area contributed by atoms with E-state index in [-0.39, 0.29) is 0 Å². The number of hydrogen-bond acceptors (Lipinski definition) is 4. The molecule has 0 aliphatic carbocycles. The van der Waals surface area contributed by atoms with Gasteiger partial charge in [-0.2, -0.15) is 0 Å². The van der Waals surface area contributed by atoms with Gasteiger partial charge in [-0.25, -0.2) is 4.98 Å². The largest absolute Gasteiger partial charge is 0.383 e. The van der Waals surface area contributed by atoms with Crippen molar-refractivity contribution in [3.8, 4) is 0 Å². The van der Waals surface area contributed by atoms with Crippen molar-refractivity contribution in [2.45, 2.75) is 19.9 Å². The van der Waals surface area contributed by atoms with Crippen molar-refractivity contribution in [2.75, 3.05) is 46.2 Å². The molecular formula is C12H24N4O. The minimum Gasteiger partial charge on any atom is -0.383 e. The summed E-state index contributed by atoms with van der Waals surface area (Å²) in [4.78, 5) is 6.67. The molecule has 5 heteroatoms. The first-order chi connectivity index (χ1) is 8.04. The minimum atomic E-state index is 0.399. The molecule has 1 rings (SSSR count). The lowest BCUT2D eigenvalue weighted by Gasteiger charge is -2.20. The van der Waals surface area contributed by atoms with Gasteiger partial charge >= 0.3 is 0 Å². The molecule has 0 aromatic carbocycles. The lowest BCUT2D eigenvalue weighted by molar-refractivity contribution is 0.210. The lowest BCUT2D eigenvalue weighted by atomic mass is 10.3. The van der Waals surface area contributed by atoms with E-state index in [0.717, 1.165) is 24.7 Å². The highest BCUT2D eigenvalue weighted by Gasteiger charge is 2.12. The number of likely N-dealkylation sites (N-methyl/N-ethyl adjacent to an activating group) is 1. The Balaban J connectivity index is 2.69. The van der Waals surface area contributed by atoms with Gasteiger partial charge in [-0.15, -0.1) is 0 Å². The Hall–Kier alpha value is -1.07. The van der Waals surface area contributed by atoms with Gasteiger partial charge in [-0.05, 0) is 27.9 Å². The number of aromatic nitrogens is 2. The summed E-state index contributed by atoms with van der Waals surface area (Å²) in [7, 11) is 5.87. The fourth-order valence-electron chi connectivity index (χ4n) is 1.86. The van der Waals surface area contributed by atoms with Crippen LogP contribution in [-0.2, 0) is 4.74 Å². The zero-order valence-corrected chi connectivity index (χ0v) is 11.5. The number of rotatable bonds is 7. The lowest BCUT2D eigenvalue weighted by Crippen LogP contribution is -2.23. The van der Waals surface area contributed by atoms with E-state index in [9.17, 15) is 0 Å². The smallest absolute Gasteiger partial charge is 0.203 e. The standard InChI is InChI=1S/C12H24N4O/c1-10-8-16(11(2)9-15(3)4)12(14-10)13-6-7-17-5/h8,11H,6-7,9H2,1-5H3,(H,13,14). The molecule has 17 heavy (non-hydrogen) atoms. The van der Waals surface area contributed by atoms with Gasteiger partial charge in [0, 0.05) is 32.4 Å². The average Bonchev–Trinajstić information content (AvgIpc) is 2.59. The molecule has 0 spiro atoms. The Morgan fingerprint density at radius 1 is 1.53 bits per heavy atom. The number of ether oxygens (including phenoxy) is 1. The van der Waals surface area contributed by atoms with Crippen molar-refractivity contribution < 1.29 is 4.74 Å². The van der Waals surface area contributed by atoms with Crippen molar-refractivity contribution in [1.82, 2.24) is 14.5 Å². The predicted octanol–water partition coefficient (Wildman–Crippen LogP) is 1.37. The number of imidazole rings is 1. The second kappa shape index (κ2) is 6.61. The minimum absolute atomic E-state index is 0.399. The number of methoxy groups -OCH3 is 1. The van der Waals surface area contributed by atoms with Gasteiger partial charge < -0.3 is 19.5 Å². The van der Waals surface area contributed by atoms with Crippen molar-refractivity contribution in [3.05, 3.63) is 11.9 Å². The Morgan fingerprint density at radius 3 is 2.82 bits per heavy atom. The maximum Gasteiger partial charge on any atom is 0.203 e. The highest BCUT2D eigenvalue weighted by atomic mass is 16.5. The van der Waals surface area contributed by atoms with Crippen LogP contribution >= 0.6 is 0 Å². The number of anilines is 1. The van der Waals surface area contributed by atoms with Gasteiger partial charge in [-0.3, -0.25) is 0 Å². The first-order valence-electron chi connectivity index (χ1n) is 5.97. The topological polar surface area (TPSA) is 42.3 Å². The first kappa shape index (κ1) is 14.0. The fraction of sp³-hybridized carbons (Fsp3) is 0.750. The molecule has 0 saturated carbocycles. The molecule has 98 valence electrons. The van der Waals surface area contributed by atoms with Crippen LogP contribution in [0.1, 0.15) is 18.7 Å². The molecule has 1 unspecified atom stereocenters. The molecule has 0 radical (unpaired) electrons. The average molecular weight is 240 g/mol. The second-order valence-corrected chi connectivity index (χ2v) is 4.64. The Labute approximate surface area is 104 Å². The van der Waals surface area contributed by atoms with E-state index in [1.54, 1.807) is 7.11 Å². The van der Waals surface area contributed by atoms with E-state index in [4.69, 9.17) is 4.74 Å². The normalized spacial score (nSPS) is 13.1. The number of nitrogens with zero attached hydrogens (tertiary/aromatic N) is 3. The summed E-state index contributed by atoms with van der Waals surface area (Å²) in [6.45, 7) is 6.67. The maximum atomic E-state index is 5.03. The van der Waals surface area contributed by atoms with Crippen LogP contribution < -0.4 is 5.32 Å². The third-order valence-corrected chi connectivity index (χ3v) is 2.55. The molecule has 0 aliphatic heterocycles. The van der Waals surface area contributed by atoms with E-state index >= 15 is 0 Å². The highest BCUT2D eigenvalue weighted by molar-refractivity contribution is 5.29. The molecule has 1 aromatic heterocycles. The number of hydrogen-bond donors (Lipinski definition) is 1. The quantitative estimate of drug-likeness (QED) is 0.731. The number of aryl methyl sites for hydroxylation is 1. The highest BCUT2D eigenvalue weighted by Crippen LogP contribution is 2.16. The number of nitrogens with one attached hydrogen (secondary N) is 1. The third-order valence-electron chi connectivity index (χ3n) is 2.55. The third kappa shape index (κ3) is 4.36.